The van der Waals surface area contributed by atoms with Crippen molar-refractivity contribution in [3.8, 4) is 5.75 Å². The molecule has 96 valence electrons. The molecule has 0 saturated heterocycles. The zero-order valence-corrected chi connectivity index (χ0v) is 10.3. The molecule has 0 aromatic heterocycles. The zero-order chi connectivity index (χ0) is 13.1. The number of fused-ring (bicyclic) bond motifs is 1. The van der Waals surface area contributed by atoms with E-state index in [1.807, 2.05) is 6.07 Å². The molecule has 0 aliphatic heterocycles. The van der Waals surface area contributed by atoms with Gasteiger partial charge in [0.25, 0.3) is 0 Å². The fraction of sp³-hybridized carbons (Fsp3) is 0.429. The Bertz CT molecular complexity index is 467. The van der Waals surface area contributed by atoms with E-state index in [1.165, 1.54) is 0 Å². The fourth-order valence-electron chi connectivity index (χ4n) is 2.58. The first-order valence-electron chi connectivity index (χ1n) is 6.07. The first kappa shape index (κ1) is 12.8. The highest BCUT2D eigenvalue weighted by Crippen LogP contribution is 2.39. The van der Waals surface area contributed by atoms with Gasteiger partial charge in [0.15, 0.2) is 0 Å². The van der Waals surface area contributed by atoms with Crippen molar-refractivity contribution >= 4 is 12.3 Å². The summed E-state index contributed by atoms with van der Waals surface area (Å²) in [5.41, 5.74) is 1.96. The van der Waals surface area contributed by atoms with Crippen molar-refractivity contribution < 1.29 is 19.4 Å². The molecule has 0 amide bonds. The summed E-state index contributed by atoms with van der Waals surface area (Å²) < 4.78 is 5.00. The predicted octanol–water partition coefficient (Wildman–Crippen LogP) is 1.45. The van der Waals surface area contributed by atoms with Gasteiger partial charge < -0.3 is 9.84 Å². The molecule has 1 aliphatic carbocycles. The highest BCUT2D eigenvalue weighted by Gasteiger charge is 2.28. The smallest absolute Gasteiger partial charge is 0.376 e. The van der Waals surface area contributed by atoms with Crippen molar-refractivity contribution in [1.29, 1.82) is 0 Å². The van der Waals surface area contributed by atoms with Crippen LogP contribution in [0.3, 0.4) is 0 Å². The minimum Gasteiger partial charge on any atom is -0.421 e. The Morgan fingerprint density at radius 2 is 2.33 bits per heavy atom. The molecule has 0 fully saturated rings. The van der Waals surface area contributed by atoms with E-state index in [0.717, 1.165) is 24.0 Å². The van der Waals surface area contributed by atoms with E-state index < -0.39 is 5.97 Å². The molecule has 18 heavy (non-hydrogen) atoms. The standard InChI is InChI=1S/C14H16O4/c1-9-5-6-11-10(12(9)7-15)3-2-4-13(11)18-14(17)8-16/h2-4,8-9,12,15H,5-7H2,1H3. The van der Waals surface area contributed by atoms with Crippen molar-refractivity contribution in [2.24, 2.45) is 5.92 Å². The van der Waals surface area contributed by atoms with Gasteiger partial charge in [0.05, 0.1) is 6.61 Å². The molecular weight excluding hydrogens is 232 g/mol. The summed E-state index contributed by atoms with van der Waals surface area (Å²) in [4.78, 5) is 21.4. The third-order valence-electron chi connectivity index (χ3n) is 3.61. The maximum absolute atomic E-state index is 11.0. The molecule has 0 heterocycles. The number of ether oxygens (including phenoxy) is 1. The van der Waals surface area contributed by atoms with E-state index >= 15 is 0 Å². The molecule has 0 radical (unpaired) electrons. The summed E-state index contributed by atoms with van der Waals surface area (Å²) in [6.45, 7) is 2.19. The van der Waals surface area contributed by atoms with Crippen LogP contribution in [-0.4, -0.2) is 24.0 Å². The van der Waals surface area contributed by atoms with E-state index in [2.05, 4.69) is 6.92 Å². The van der Waals surface area contributed by atoms with Gasteiger partial charge in [0.2, 0.25) is 6.29 Å². The van der Waals surface area contributed by atoms with Crippen LogP contribution >= 0.6 is 0 Å². The largest absolute Gasteiger partial charge is 0.421 e. The van der Waals surface area contributed by atoms with Crippen LogP contribution < -0.4 is 4.74 Å². The van der Waals surface area contributed by atoms with E-state index in [-0.39, 0.29) is 18.8 Å². The monoisotopic (exact) mass is 248 g/mol. The van der Waals surface area contributed by atoms with Crippen LogP contribution in [0.1, 0.15) is 30.4 Å². The van der Waals surface area contributed by atoms with Gasteiger partial charge >= 0.3 is 5.97 Å². The lowest BCUT2D eigenvalue weighted by Gasteiger charge is -2.30. The molecule has 1 N–H and O–H groups in total. The summed E-state index contributed by atoms with van der Waals surface area (Å²) in [6.07, 6.45) is 1.90. The normalized spacial score (nSPS) is 22.1. The zero-order valence-electron chi connectivity index (χ0n) is 10.3. The highest BCUT2D eigenvalue weighted by atomic mass is 16.5. The van der Waals surface area contributed by atoms with Crippen LogP contribution in [0.15, 0.2) is 18.2 Å². The quantitative estimate of drug-likeness (QED) is 0.380. The van der Waals surface area contributed by atoms with E-state index in [0.29, 0.717) is 11.7 Å². The van der Waals surface area contributed by atoms with Crippen LogP contribution in [0.2, 0.25) is 0 Å². The molecule has 1 aromatic rings. The second-order valence-electron chi connectivity index (χ2n) is 4.67. The van der Waals surface area contributed by atoms with Gasteiger partial charge in [-0.25, -0.2) is 4.79 Å². The number of esters is 1. The summed E-state index contributed by atoms with van der Waals surface area (Å²) in [6, 6.07) is 5.42. The van der Waals surface area contributed by atoms with Crippen LogP contribution in [0.25, 0.3) is 0 Å². The summed E-state index contributed by atoms with van der Waals surface area (Å²) in [5.74, 6) is 0.0284. The molecule has 4 heteroatoms. The SMILES string of the molecule is CC1CCc2c(OC(=O)C=O)cccc2C1CO. The van der Waals surface area contributed by atoms with Crippen LogP contribution in [0.4, 0.5) is 0 Å². The van der Waals surface area contributed by atoms with Crippen molar-refractivity contribution in [3.05, 3.63) is 29.3 Å². The molecule has 0 spiro atoms. The Kier molecular flexibility index (Phi) is 3.77. The van der Waals surface area contributed by atoms with Crippen molar-refractivity contribution in [2.75, 3.05) is 6.61 Å². The highest BCUT2D eigenvalue weighted by molar-refractivity contribution is 6.21. The molecule has 1 aliphatic rings. The maximum Gasteiger partial charge on any atom is 0.376 e. The topological polar surface area (TPSA) is 63.6 Å². The first-order valence-corrected chi connectivity index (χ1v) is 6.07. The second kappa shape index (κ2) is 5.31. The Morgan fingerprint density at radius 1 is 1.56 bits per heavy atom. The summed E-state index contributed by atoms with van der Waals surface area (Å²) in [5, 5.41) is 9.46. The molecule has 0 bridgehead atoms. The minimum atomic E-state index is -0.887. The van der Waals surface area contributed by atoms with Crippen molar-refractivity contribution in [1.82, 2.24) is 0 Å². The number of hydrogen-bond acceptors (Lipinski definition) is 4. The van der Waals surface area contributed by atoms with Gasteiger partial charge in [-0.1, -0.05) is 19.1 Å². The van der Waals surface area contributed by atoms with Gasteiger partial charge in [-0.15, -0.1) is 0 Å². The third-order valence-corrected chi connectivity index (χ3v) is 3.61. The molecule has 2 atom stereocenters. The molecule has 2 rings (SSSR count). The predicted molar refractivity (Wildman–Crippen MR) is 65.5 cm³/mol. The fourth-order valence-corrected chi connectivity index (χ4v) is 2.58. The Morgan fingerprint density at radius 3 is 3.00 bits per heavy atom. The van der Waals surface area contributed by atoms with Crippen molar-refractivity contribution in [3.63, 3.8) is 0 Å². The van der Waals surface area contributed by atoms with Gasteiger partial charge in [0.1, 0.15) is 5.75 Å². The van der Waals surface area contributed by atoms with Gasteiger partial charge in [0, 0.05) is 5.92 Å². The third kappa shape index (κ3) is 2.29. The molecule has 2 unspecified atom stereocenters. The maximum atomic E-state index is 11.0. The number of rotatable bonds is 3. The number of aliphatic hydroxyl groups is 1. The van der Waals surface area contributed by atoms with E-state index in [1.54, 1.807) is 12.1 Å². The average molecular weight is 248 g/mol. The summed E-state index contributed by atoms with van der Waals surface area (Å²) >= 11 is 0. The lowest BCUT2D eigenvalue weighted by molar-refractivity contribution is -0.141. The molecule has 4 nitrogen and oxygen atoms in total. The Balaban J connectivity index is 2.38. The number of hydrogen-bond donors (Lipinski definition) is 1. The van der Waals surface area contributed by atoms with Crippen LogP contribution in [0.5, 0.6) is 5.75 Å². The molecule has 1 aromatic carbocycles. The number of carbonyl (C=O) groups excluding carboxylic acids is 2. The van der Waals surface area contributed by atoms with Gasteiger partial charge in [-0.05, 0) is 36.0 Å². The van der Waals surface area contributed by atoms with E-state index in [9.17, 15) is 14.7 Å². The summed E-state index contributed by atoms with van der Waals surface area (Å²) in [7, 11) is 0. The molecular formula is C14H16O4. The first-order chi connectivity index (χ1) is 8.67. The van der Waals surface area contributed by atoms with Crippen LogP contribution in [0, 0.1) is 5.92 Å². The number of benzene rings is 1. The Hall–Kier alpha value is -1.68. The lowest BCUT2D eigenvalue weighted by Crippen LogP contribution is -2.22. The average Bonchev–Trinajstić information content (AvgIpc) is 2.38. The number of aliphatic hydroxyl groups excluding tert-OH is 1. The van der Waals surface area contributed by atoms with Gasteiger partial charge in [-0.2, -0.15) is 0 Å². The van der Waals surface area contributed by atoms with E-state index in [4.69, 9.17) is 4.74 Å². The van der Waals surface area contributed by atoms with Crippen LogP contribution in [-0.2, 0) is 16.0 Å². The molecule has 0 saturated carbocycles. The Labute approximate surface area is 106 Å². The lowest BCUT2D eigenvalue weighted by atomic mass is 9.76. The van der Waals surface area contributed by atoms with Gasteiger partial charge in [-0.3, -0.25) is 4.79 Å². The van der Waals surface area contributed by atoms with Crippen molar-refractivity contribution in [2.45, 2.75) is 25.7 Å². The second-order valence-corrected chi connectivity index (χ2v) is 4.67. The number of aldehydes is 1. The number of carbonyl (C=O) groups is 2. The minimum absolute atomic E-state index is 0.0728.